The third-order valence-electron chi connectivity index (χ3n) is 3.20. The highest BCUT2D eigenvalue weighted by atomic mass is 19.1. The smallest absolute Gasteiger partial charge is 0.178 e. The molecule has 1 N–H and O–H groups in total. The Morgan fingerprint density at radius 1 is 1.29 bits per heavy atom. The van der Waals surface area contributed by atoms with Gasteiger partial charge in [-0.15, -0.1) is 0 Å². The predicted octanol–water partition coefficient (Wildman–Crippen LogP) is 2.72. The van der Waals surface area contributed by atoms with Crippen molar-refractivity contribution in [3.05, 3.63) is 66.1 Å². The van der Waals surface area contributed by atoms with Crippen LogP contribution < -0.4 is 5.32 Å². The molecule has 0 spiro atoms. The van der Waals surface area contributed by atoms with E-state index in [1.165, 1.54) is 18.5 Å². The Kier molecular flexibility index (Phi) is 3.59. The van der Waals surface area contributed by atoms with Gasteiger partial charge < -0.3 is 5.32 Å². The van der Waals surface area contributed by atoms with E-state index in [2.05, 4.69) is 20.4 Å². The lowest BCUT2D eigenvalue weighted by Crippen LogP contribution is -2.07. The maximum absolute atomic E-state index is 13.1. The lowest BCUT2D eigenvalue weighted by Gasteiger charge is -2.12. The summed E-state index contributed by atoms with van der Waals surface area (Å²) in [5.74, 6) is 0.454. The summed E-state index contributed by atoms with van der Waals surface area (Å²) >= 11 is 0. The molecule has 0 fully saturated rings. The number of nitrogens with one attached hydrogen (secondary N) is 1. The molecule has 3 aromatic rings. The molecule has 0 bridgehead atoms. The Morgan fingerprint density at radius 2 is 2.19 bits per heavy atom. The van der Waals surface area contributed by atoms with Gasteiger partial charge in [0.2, 0.25) is 0 Å². The minimum Gasteiger partial charge on any atom is -0.378 e. The van der Waals surface area contributed by atoms with Crippen LogP contribution in [0.4, 0.5) is 10.1 Å². The molecule has 21 heavy (non-hydrogen) atoms. The van der Waals surface area contributed by atoms with Crippen molar-refractivity contribution in [2.24, 2.45) is 0 Å². The summed E-state index contributed by atoms with van der Waals surface area (Å²) in [5, 5.41) is 7.39. The summed E-state index contributed by atoms with van der Waals surface area (Å²) < 4.78 is 14.7. The van der Waals surface area contributed by atoms with Crippen LogP contribution in [0.3, 0.4) is 0 Å². The van der Waals surface area contributed by atoms with E-state index >= 15 is 0 Å². The number of rotatable bonds is 4. The summed E-state index contributed by atoms with van der Waals surface area (Å²) in [5.41, 5.74) is 2.78. The van der Waals surface area contributed by atoms with Gasteiger partial charge in [0.15, 0.2) is 5.82 Å². The Labute approximate surface area is 121 Å². The summed E-state index contributed by atoms with van der Waals surface area (Å²) in [6.07, 6.45) is 4.75. The molecular weight excluding hydrogens is 269 g/mol. The molecule has 106 valence electrons. The molecule has 3 rings (SSSR count). The second-order valence-electron chi connectivity index (χ2n) is 4.64. The average molecular weight is 283 g/mol. The van der Waals surface area contributed by atoms with Crippen LogP contribution in [0.25, 0.3) is 5.82 Å². The van der Waals surface area contributed by atoms with E-state index in [0.29, 0.717) is 12.4 Å². The van der Waals surface area contributed by atoms with E-state index < -0.39 is 0 Å². The molecule has 2 aromatic heterocycles. The molecule has 0 atom stereocenters. The van der Waals surface area contributed by atoms with Crippen molar-refractivity contribution in [3.8, 4) is 5.82 Å². The van der Waals surface area contributed by atoms with Crippen LogP contribution in [-0.4, -0.2) is 19.7 Å². The minimum absolute atomic E-state index is 0.221. The van der Waals surface area contributed by atoms with Gasteiger partial charge in [-0.3, -0.25) is 0 Å². The number of anilines is 1. The molecule has 0 aliphatic heterocycles. The quantitative estimate of drug-likeness (QED) is 0.800. The Bertz CT molecular complexity index is 740. The molecule has 2 heterocycles. The van der Waals surface area contributed by atoms with Gasteiger partial charge in [0.25, 0.3) is 0 Å². The Hall–Kier alpha value is -2.76. The van der Waals surface area contributed by atoms with Crippen LogP contribution in [0.2, 0.25) is 0 Å². The maximum Gasteiger partial charge on any atom is 0.178 e. The SMILES string of the molecule is Cc1cc(F)ccc1CNc1cccnc1-n1cncn1. The second kappa shape index (κ2) is 5.70. The monoisotopic (exact) mass is 283 g/mol. The van der Waals surface area contributed by atoms with Crippen molar-refractivity contribution in [1.82, 2.24) is 19.7 Å². The maximum atomic E-state index is 13.1. The lowest BCUT2D eigenvalue weighted by molar-refractivity contribution is 0.625. The Balaban J connectivity index is 1.83. The van der Waals surface area contributed by atoms with Gasteiger partial charge in [-0.1, -0.05) is 6.07 Å². The summed E-state index contributed by atoms with van der Waals surface area (Å²) in [6, 6.07) is 8.54. The molecule has 0 aliphatic rings. The lowest BCUT2D eigenvalue weighted by atomic mass is 10.1. The topological polar surface area (TPSA) is 55.6 Å². The fourth-order valence-corrected chi connectivity index (χ4v) is 2.08. The zero-order valence-electron chi connectivity index (χ0n) is 11.5. The highest BCUT2D eigenvalue weighted by molar-refractivity contribution is 5.56. The van der Waals surface area contributed by atoms with E-state index in [-0.39, 0.29) is 5.82 Å². The largest absolute Gasteiger partial charge is 0.378 e. The molecule has 1 aromatic carbocycles. The molecule has 0 amide bonds. The molecule has 0 radical (unpaired) electrons. The summed E-state index contributed by atoms with van der Waals surface area (Å²) in [4.78, 5) is 8.23. The van der Waals surface area contributed by atoms with Crippen molar-refractivity contribution >= 4 is 5.69 Å². The van der Waals surface area contributed by atoms with Crippen molar-refractivity contribution < 1.29 is 4.39 Å². The van der Waals surface area contributed by atoms with Crippen molar-refractivity contribution in [1.29, 1.82) is 0 Å². The highest BCUT2D eigenvalue weighted by Gasteiger charge is 2.07. The number of benzene rings is 1. The molecule has 6 heteroatoms. The minimum atomic E-state index is -0.221. The standard InChI is InChI=1S/C15H14FN5/c1-11-7-13(16)5-4-12(11)8-19-14-3-2-6-18-15(14)21-10-17-9-20-21/h2-7,9-10,19H,8H2,1H3. The van der Waals surface area contributed by atoms with E-state index in [0.717, 1.165) is 16.8 Å². The first-order valence-corrected chi connectivity index (χ1v) is 6.53. The van der Waals surface area contributed by atoms with E-state index in [9.17, 15) is 4.39 Å². The zero-order chi connectivity index (χ0) is 14.7. The van der Waals surface area contributed by atoms with Gasteiger partial charge in [-0.05, 0) is 42.3 Å². The number of halogens is 1. The third kappa shape index (κ3) is 2.89. The van der Waals surface area contributed by atoms with Crippen LogP contribution in [0, 0.1) is 12.7 Å². The van der Waals surface area contributed by atoms with E-state index in [1.807, 2.05) is 19.1 Å². The summed E-state index contributed by atoms with van der Waals surface area (Å²) in [7, 11) is 0. The molecular formula is C15H14FN5. The molecule has 0 saturated heterocycles. The van der Waals surface area contributed by atoms with Gasteiger partial charge in [0, 0.05) is 12.7 Å². The van der Waals surface area contributed by atoms with Gasteiger partial charge in [0.1, 0.15) is 18.5 Å². The average Bonchev–Trinajstić information content (AvgIpc) is 3.01. The molecule has 0 saturated carbocycles. The number of hydrogen-bond donors (Lipinski definition) is 1. The fourth-order valence-electron chi connectivity index (χ4n) is 2.08. The molecule has 0 unspecified atom stereocenters. The van der Waals surface area contributed by atoms with Crippen LogP contribution in [0.5, 0.6) is 0 Å². The first-order chi connectivity index (χ1) is 10.2. The number of aromatic nitrogens is 4. The van der Waals surface area contributed by atoms with Gasteiger partial charge in [-0.25, -0.2) is 19.0 Å². The summed E-state index contributed by atoms with van der Waals surface area (Å²) in [6.45, 7) is 2.47. The normalized spacial score (nSPS) is 10.6. The predicted molar refractivity (Wildman–Crippen MR) is 77.6 cm³/mol. The van der Waals surface area contributed by atoms with Crippen LogP contribution in [0.1, 0.15) is 11.1 Å². The first-order valence-electron chi connectivity index (χ1n) is 6.53. The molecule has 0 aliphatic carbocycles. The van der Waals surface area contributed by atoms with Crippen molar-refractivity contribution in [2.45, 2.75) is 13.5 Å². The van der Waals surface area contributed by atoms with Crippen LogP contribution >= 0.6 is 0 Å². The van der Waals surface area contributed by atoms with Crippen LogP contribution in [-0.2, 0) is 6.54 Å². The van der Waals surface area contributed by atoms with Gasteiger partial charge in [0.05, 0.1) is 5.69 Å². The van der Waals surface area contributed by atoms with Gasteiger partial charge in [-0.2, -0.15) is 5.10 Å². The van der Waals surface area contributed by atoms with Crippen molar-refractivity contribution in [2.75, 3.05) is 5.32 Å². The number of pyridine rings is 1. The number of aryl methyl sites for hydroxylation is 1. The fraction of sp³-hybridized carbons (Fsp3) is 0.133. The Morgan fingerprint density at radius 3 is 2.95 bits per heavy atom. The number of nitrogens with zero attached hydrogens (tertiary/aromatic N) is 4. The third-order valence-corrected chi connectivity index (χ3v) is 3.20. The highest BCUT2D eigenvalue weighted by Crippen LogP contribution is 2.18. The van der Waals surface area contributed by atoms with E-state index in [1.54, 1.807) is 23.3 Å². The molecule has 5 nitrogen and oxygen atoms in total. The van der Waals surface area contributed by atoms with E-state index in [4.69, 9.17) is 0 Å². The number of hydrogen-bond acceptors (Lipinski definition) is 4. The van der Waals surface area contributed by atoms with Crippen LogP contribution in [0.15, 0.2) is 49.2 Å². The second-order valence-corrected chi connectivity index (χ2v) is 4.64. The van der Waals surface area contributed by atoms with Gasteiger partial charge >= 0.3 is 0 Å². The van der Waals surface area contributed by atoms with Crippen molar-refractivity contribution in [3.63, 3.8) is 0 Å². The first kappa shape index (κ1) is 13.2. The zero-order valence-corrected chi connectivity index (χ0v) is 11.5.